The van der Waals surface area contributed by atoms with Crippen molar-refractivity contribution >= 4 is 0 Å². The van der Waals surface area contributed by atoms with Gasteiger partial charge in [0, 0.05) is 0 Å². The number of benzene rings is 2. The van der Waals surface area contributed by atoms with E-state index in [1.165, 1.54) is 16.7 Å². The summed E-state index contributed by atoms with van der Waals surface area (Å²) in [5, 5.41) is 9.19. The molecule has 0 fully saturated rings. The van der Waals surface area contributed by atoms with Gasteiger partial charge in [0.15, 0.2) is 0 Å². The number of aromatic hydroxyl groups is 1. The van der Waals surface area contributed by atoms with Crippen LogP contribution in [0.1, 0.15) is 23.6 Å². The summed E-state index contributed by atoms with van der Waals surface area (Å²) in [6, 6.07) is 16.1. The molecule has 0 aliphatic carbocycles. The average Bonchev–Trinajstić information content (AvgIpc) is 2.33. The van der Waals surface area contributed by atoms with Crippen LogP contribution in [0.2, 0.25) is 0 Å². The molecule has 0 aliphatic rings. The normalized spacial score (nSPS) is 10.3. The summed E-state index contributed by atoms with van der Waals surface area (Å²) in [6.07, 6.45) is 2.00. The van der Waals surface area contributed by atoms with Crippen molar-refractivity contribution < 1.29 is 5.11 Å². The summed E-state index contributed by atoms with van der Waals surface area (Å²) < 4.78 is 0. The third-order valence-electron chi connectivity index (χ3n) is 2.78. The van der Waals surface area contributed by atoms with Gasteiger partial charge in [-0.05, 0) is 41.7 Å². The molecule has 0 heterocycles. The predicted molar refractivity (Wildman–Crippen MR) is 66.7 cm³/mol. The van der Waals surface area contributed by atoms with Crippen LogP contribution in [0.5, 0.6) is 5.75 Å². The van der Waals surface area contributed by atoms with E-state index in [1.807, 2.05) is 12.1 Å². The molecule has 2 rings (SSSR count). The van der Waals surface area contributed by atoms with Crippen molar-refractivity contribution in [3.05, 3.63) is 65.2 Å². The molecule has 2 aromatic carbocycles. The van der Waals surface area contributed by atoms with Gasteiger partial charge in [-0.2, -0.15) is 0 Å². The lowest BCUT2D eigenvalue weighted by Crippen LogP contribution is -1.88. The molecular weight excluding hydrogens is 196 g/mol. The molecule has 0 aliphatic heterocycles. The first kappa shape index (κ1) is 10.7. The fourth-order valence-corrected chi connectivity index (χ4v) is 1.74. The Kier molecular flexibility index (Phi) is 3.25. The second kappa shape index (κ2) is 4.84. The van der Waals surface area contributed by atoms with E-state index >= 15 is 0 Å². The van der Waals surface area contributed by atoms with Gasteiger partial charge < -0.3 is 5.11 Å². The van der Waals surface area contributed by atoms with Crippen LogP contribution in [-0.2, 0) is 12.8 Å². The summed E-state index contributed by atoms with van der Waals surface area (Å²) in [7, 11) is 0. The van der Waals surface area contributed by atoms with Crippen LogP contribution in [0.15, 0.2) is 48.5 Å². The van der Waals surface area contributed by atoms with Crippen LogP contribution in [-0.4, -0.2) is 5.11 Å². The fourth-order valence-electron chi connectivity index (χ4n) is 1.74. The van der Waals surface area contributed by atoms with Crippen LogP contribution >= 0.6 is 0 Å². The maximum absolute atomic E-state index is 9.19. The van der Waals surface area contributed by atoms with Crippen molar-refractivity contribution in [3.8, 4) is 5.75 Å². The SMILES string of the molecule is CCc1ccc(Cc2ccc(O)cc2)cc1. The zero-order valence-corrected chi connectivity index (χ0v) is 9.48. The van der Waals surface area contributed by atoms with Crippen molar-refractivity contribution in [1.29, 1.82) is 0 Å². The van der Waals surface area contributed by atoms with Crippen molar-refractivity contribution in [3.63, 3.8) is 0 Å². The summed E-state index contributed by atoms with van der Waals surface area (Å²) in [4.78, 5) is 0. The van der Waals surface area contributed by atoms with E-state index in [1.54, 1.807) is 12.1 Å². The molecule has 0 atom stereocenters. The minimum atomic E-state index is 0.324. The summed E-state index contributed by atoms with van der Waals surface area (Å²) in [6.45, 7) is 2.16. The highest BCUT2D eigenvalue weighted by Gasteiger charge is 1.97. The minimum Gasteiger partial charge on any atom is -0.508 e. The third kappa shape index (κ3) is 2.63. The largest absolute Gasteiger partial charge is 0.508 e. The molecule has 0 saturated heterocycles. The smallest absolute Gasteiger partial charge is 0.115 e. The standard InChI is InChI=1S/C15H16O/c1-2-12-3-5-13(6-4-12)11-14-7-9-15(16)10-8-14/h3-10,16H,2,11H2,1H3. The molecule has 2 aromatic rings. The van der Waals surface area contributed by atoms with Gasteiger partial charge in [0.25, 0.3) is 0 Å². The van der Waals surface area contributed by atoms with E-state index in [9.17, 15) is 5.11 Å². The summed E-state index contributed by atoms with van der Waals surface area (Å²) in [5.41, 5.74) is 3.90. The number of phenols is 1. The molecule has 1 heteroatoms. The Morgan fingerprint density at radius 3 is 1.69 bits per heavy atom. The Morgan fingerprint density at radius 1 is 0.750 bits per heavy atom. The van der Waals surface area contributed by atoms with E-state index in [0.29, 0.717) is 5.75 Å². The molecule has 0 bridgehead atoms. The monoisotopic (exact) mass is 212 g/mol. The summed E-state index contributed by atoms with van der Waals surface area (Å²) >= 11 is 0. The predicted octanol–water partition coefficient (Wildman–Crippen LogP) is 3.55. The molecule has 82 valence electrons. The molecular formula is C15H16O. The molecule has 0 unspecified atom stereocenters. The zero-order valence-electron chi connectivity index (χ0n) is 9.48. The second-order valence-electron chi connectivity index (χ2n) is 4.01. The third-order valence-corrected chi connectivity index (χ3v) is 2.78. The topological polar surface area (TPSA) is 20.2 Å². The Bertz CT molecular complexity index is 440. The van der Waals surface area contributed by atoms with E-state index < -0.39 is 0 Å². The fraction of sp³-hybridized carbons (Fsp3) is 0.200. The second-order valence-corrected chi connectivity index (χ2v) is 4.01. The maximum atomic E-state index is 9.19. The van der Waals surface area contributed by atoms with Crippen LogP contribution in [0.3, 0.4) is 0 Å². The number of hydrogen-bond acceptors (Lipinski definition) is 1. The Balaban J connectivity index is 2.11. The van der Waals surface area contributed by atoms with Crippen molar-refractivity contribution in [2.45, 2.75) is 19.8 Å². The molecule has 1 N–H and O–H groups in total. The molecule has 0 saturated carbocycles. The molecule has 1 nitrogen and oxygen atoms in total. The van der Waals surface area contributed by atoms with Gasteiger partial charge in [-0.1, -0.05) is 43.3 Å². The molecule has 0 amide bonds. The molecule has 0 aromatic heterocycles. The van der Waals surface area contributed by atoms with Gasteiger partial charge in [-0.25, -0.2) is 0 Å². The highest BCUT2D eigenvalue weighted by Crippen LogP contribution is 2.14. The summed E-state index contributed by atoms with van der Waals surface area (Å²) in [5.74, 6) is 0.324. The van der Waals surface area contributed by atoms with Crippen LogP contribution in [0, 0.1) is 0 Å². The van der Waals surface area contributed by atoms with E-state index in [-0.39, 0.29) is 0 Å². The van der Waals surface area contributed by atoms with E-state index in [2.05, 4.69) is 31.2 Å². The Hall–Kier alpha value is -1.76. The zero-order chi connectivity index (χ0) is 11.4. The molecule has 0 radical (unpaired) electrons. The lowest BCUT2D eigenvalue weighted by Gasteiger charge is -2.03. The first-order valence-corrected chi connectivity index (χ1v) is 5.63. The first-order valence-electron chi connectivity index (χ1n) is 5.63. The van der Waals surface area contributed by atoms with Gasteiger partial charge in [0.1, 0.15) is 5.75 Å². The van der Waals surface area contributed by atoms with Gasteiger partial charge in [0.05, 0.1) is 0 Å². The maximum Gasteiger partial charge on any atom is 0.115 e. The van der Waals surface area contributed by atoms with Gasteiger partial charge in [-0.15, -0.1) is 0 Å². The minimum absolute atomic E-state index is 0.324. The number of hydrogen-bond donors (Lipinski definition) is 1. The number of phenolic OH excluding ortho intramolecular Hbond substituents is 1. The quantitative estimate of drug-likeness (QED) is 0.825. The lowest BCUT2D eigenvalue weighted by molar-refractivity contribution is 0.475. The average molecular weight is 212 g/mol. The molecule has 16 heavy (non-hydrogen) atoms. The Labute approximate surface area is 96.4 Å². The Morgan fingerprint density at radius 2 is 1.19 bits per heavy atom. The van der Waals surface area contributed by atoms with E-state index in [4.69, 9.17) is 0 Å². The van der Waals surface area contributed by atoms with Gasteiger partial charge >= 0.3 is 0 Å². The van der Waals surface area contributed by atoms with Crippen LogP contribution < -0.4 is 0 Å². The van der Waals surface area contributed by atoms with Crippen molar-refractivity contribution in [1.82, 2.24) is 0 Å². The van der Waals surface area contributed by atoms with Crippen LogP contribution in [0.4, 0.5) is 0 Å². The number of aryl methyl sites for hydroxylation is 1. The van der Waals surface area contributed by atoms with Gasteiger partial charge in [0.2, 0.25) is 0 Å². The van der Waals surface area contributed by atoms with Crippen LogP contribution in [0.25, 0.3) is 0 Å². The lowest BCUT2D eigenvalue weighted by atomic mass is 10.0. The first-order chi connectivity index (χ1) is 7.78. The van der Waals surface area contributed by atoms with Crippen molar-refractivity contribution in [2.24, 2.45) is 0 Å². The molecule has 0 spiro atoms. The number of rotatable bonds is 3. The highest BCUT2D eigenvalue weighted by molar-refractivity contribution is 5.31. The van der Waals surface area contributed by atoms with E-state index in [0.717, 1.165) is 12.8 Å². The highest BCUT2D eigenvalue weighted by atomic mass is 16.3. The van der Waals surface area contributed by atoms with Gasteiger partial charge in [-0.3, -0.25) is 0 Å². The van der Waals surface area contributed by atoms with Crippen molar-refractivity contribution in [2.75, 3.05) is 0 Å².